The van der Waals surface area contributed by atoms with Gasteiger partial charge in [0.05, 0.1) is 17.2 Å². The van der Waals surface area contributed by atoms with Crippen LogP contribution in [0.2, 0.25) is 0 Å². The fourth-order valence-electron chi connectivity index (χ4n) is 3.22. The van der Waals surface area contributed by atoms with Crippen molar-refractivity contribution in [3.63, 3.8) is 0 Å². The van der Waals surface area contributed by atoms with Gasteiger partial charge in [0, 0.05) is 24.7 Å². The minimum absolute atomic E-state index is 0.00761. The lowest BCUT2D eigenvalue weighted by molar-refractivity contribution is -0.122. The van der Waals surface area contributed by atoms with Gasteiger partial charge in [0.15, 0.2) is 0 Å². The van der Waals surface area contributed by atoms with Crippen LogP contribution in [0, 0.1) is 12.8 Å². The molecule has 0 spiro atoms. The number of rotatable bonds is 5. The van der Waals surface area contributed by atoms with E-state index in [0.717, 1.165) is 11.3 Å². The molecule has 1 fully saturated rings. The summed E-state index contributed by atoms with van der Waals surface area (Å²) < 4.78 is 0. The first-order valence-electron chi connectivity index (χ1n) is 9.43. The van der Waals surface area contributed by atoms with Crippen molar-refractivity contribution in [2.24, 2.45) is 5.92 Å². The molecule has 2 aromatic carbocycles. The van der Waals surface area contributed by atoms with E-state index in [9.17, 15) is 14.4 Å². The van der Waals surface area contributed by atoms with E-state index < -0.39 is 5.92 Å². The second kappa shape index (κ2) is 8.25. The summed E-state index contributed by atoms with van der Waals surface area (Å²) in [6, 6.07) is 14.5. The first-order valence-corrected chi connectivity index (χ1v) is 9.43. The molecule has 2 aromatic rings. The molecule has 0 bridgehead atoms. The van der Waals surface area contributed by atoms with Gasteiger partial charge in [-0.1, -0.05) is 29.8 Å². The number of amides is 3. The van der Waals surface area contributed by atoms with E-state index in [1.807, 2.05) is 45.0 Å². The summed E-state index contributed by atoms with van der Waals surface area (Å²) in [5.41, 5.74) is 2.76. The third-order valence-electron chi connectivity index (χ3n) is 4.69. The van der Waals surface area contributed by atoms with E-state index >= 15 is 0 Å². The molecule has 1 aliphatic heterocycles. The molecule has 0 unspecified atom stereocenters. The highest BCUT2D eigenvalue weighted by atomic mass is 16.2. The lowest BCUT2D eigenvalue weighted by Crippen LogP contribution is -2.32. The van der Waals surface area contributed by atoms with Gasteiger partial charge in [-0.3, -0.25) is 14.4 Å². The molecule has 1 heterocycles. The van der Waals surface area contributed by atoms with Crippen LogP contribution in [0.25, 0.3) is 0 Å². The molecule has 6 nitrogen and oxygen atoms in total. The van der Waals surface area contributed by atoms with Gasteiger partial charge in [-0.25, -0.2) is 0 Å². The standard InChI is InChI=1S/C22H25N3O3/c1-14(2)23-22(28)18-6-4-5-7-19(18)24-21(27)16-12-20(26)25(13-16)17-10-8-15(3)9-11-17/h4-11,14,16H,12-13H2,1-3H3,(H,23,28)(H,24,27)/t16-/m0/s1. The zero-order valence-corrected chi connectivity index (χ0v) is 16.4. The minimum atomic E-state index is -0.463. The molecule has 0 aliphatic carbocycles. The summed E-state index contributed by atoms with van der Waals surface area (Å²) in [7, 11) is 0. The summed E-state index contributed by atoms with van der Waals surface area (Å²) in [4.78, 5) is 39.2. The number of aryl methyl sites for hydroxylation is 1. The zero-order chi connectivity index (χ0) is 20.3. The van der Waals surface area contributed by atoms with Crippen molar-refractivity contribution in [2.75, 3.05) is 16.8 Å². The molecule has 3 amide bonds. The molecule has 0 aromatic heterocycles. The van der Waals surface area contributed by atoms with Gasteiger partial charge >= 0.3 is 0 Å². The van der Waals surface area contributed by atoms with Crippen LogP contribution in [0.3, 0.4) is 0 Å². The molecule has 0 saturated carbocycles. The van der Waals surface area contributed by atoms with Crippen molar-refractivity contribution < 1.29 is 14.4 Å². The van der Waals surface area contributed by atoms with Gasteiger partial charge in [-0.2, -0.15) is 0 Å². The monoisotopic (exact) mass is 379 g/mol. The molecule has 0 radical (unpaired) electrons. The van der Waals surface area contributed by atoms with E-state index in [0.29, 0.717) is 17.8 Å². The van der Waals surface area contributed by atoms with Gasteiger partial charge in [0.1, 0.15) is 0 Å². The lowest BCUT2D eigenvalue weighted by Gasteiger charge is -2.17. The SMILES string of the molecule is Cc1ccc(N2C[C@@H](C(=O)Nc3ccccc3C(=O)NC(C)C)CC2=O)cc1. The second-order valence-corrected chi connectivity index (χ2v) is 7.40. The molecule has 1 atom stereocenters. The van der Waals surface area contributed by atoms with Crippen molar-refractivity contribution in [2.45, 2.75) is 33.2 Å². The molecular formula is C22H25N3O3. The second-order valence-electron chi connectivity index (χ2n) is 7.40. The Balaban J connectivity index is 1.71. The molecule has 1 saturated heterocycles. The van der Waals surface area contributed by atoms with E-state index in [2.05, 4.69) is 10.6 Å². The van der Waals surface area contributed by atoms with Gasteiger partial charge < -0.3 is 15.5 Å². The topological polar surface area (TPSA) is 78.5 Å². The van der Waals surface area contributed by atoms with Crippen LogP contribution < -0.4 is 15.5 Å². The first kappa shape index (κ1) is 19.6. The normalized spacial score (nSPS) is 16.4. The predicted molar refractivity (Wildman–Crippen MR) is 109 cm³/mol. The van der Waals surface area contributed by atoms with E-state index in [-0.39, 0.29) is 30.2 Å². The van der Waals surface area contributed by atoms with Gasteiger partial charge in [-0.05, 0) is 45.0 Å². The Morgan fingerprint density at radius 1 is 1.07 bits per heavy atom. The van der Waals surface area contributed by atoms with Crippen LogP contribution in [0.1, 0.15) is 36.2 Å². The molecular weight excluding hydrogens is 354 g/mol. The third-order valence-corrected chi connectivity index (χ3v) is 4.69. The predicted octanol–water partition coefficient (Wildman–Crippen LogP) is 3.12. The number of benzene rings is 2. The maximum atomic E-state index is 12.8. The molecule has 1 aliphatic rings. The van der Waals surface area contributed by atoms with E-state index in [1.165, 1.54) is 0 Å². The van der Waals surface area contributed by atoms with Crippen LogP contribution in [0.15, 0.2) is 48.5 Å². The van der Waals surface area contributed by atoms with Crippen molar-refractivity contribution in [3.05, 3.63) is 59.7 Å². The van der Waals surface area contributed by atoms with Crippen molar-refractivity contribution in [1.29, 1.82) is 0 Å². The van der Waals surface area contributed by atoms with Crippen LogP contribution >= 0.6 is 0 Å². The number of nitrogens with zero attached hydrogens (tertiary/aromatic N) is 1. The quantitative estimate of drug-likeness (QED) is 0.838. The summed E-state index contributed by atoms with van der Waals surface area (Å²) in [6.45, 7) is 6.07. The zero-order valence-electron chi connectivity index (χ0n) is 16.4. The largest absolute Gasteiger partial charge is 0.350 e. The minimum Gasteiger partial charge on any atom is -0.350 e. The number of nitrogens with one attached hydrogen (secondary N) is 2. The Morgan fingerprint density at radius 2 is 1.75 bits per heavy atom. The Hall–Kier alpha value is -3.15. The number of para-hydroxylation sites is 1. The number of hydrogen-bond donors (Lipinski definition) is 2. The third kappa shape index (κ3) is 4.39. The highest BCUT2D eigenvalue weighted by Gasteiger charge is 2.35. The Morgan fingerprint density at radius 3 is 2.43 bits per heavy atom. The molecule has 28 heavy (non-hydrogen) atoms. The fourth-order valence-corrected chi connectivity index (χ4v) is 3.22. The number of carbonyl (C=O) groups excluding carboxylic acids is 3. The summed E-state index contributed by atoms with van der Waals surface area (Å²) in [6.07, 6.45) is 0.153. The van der Waals surface area contributed by atoms with Crippen LogP contribution in [-0.4, -0.2) is 30.3 Å². The molecule has 146 valence electrons. The van der Waals surface area contributed by atoms with Gasteiger partial charge in [0.25, 0.3) is 5.91 Å². The Labute approximate surface area is 164 Å². The van der Waals surface area contributed by atoms with Crippen LogP contribution in [0.4, 0.5) is 11.4 Å². The molecule has 2 N–H and O–H groups in total. The Kier molecular flexibility index (Phi) is 5.78. The average Bonchev–Trinajstić information content (AvgIpc) is 3.04. The summed E-state index contributed by atoms with van der Waals surface area (Å²) in [5, 5.41) is 5.66. The smallest absolute Gasteiger partial charge is 0.253 e. The number of anilines is 2. The van der Waals surface area contributed by atoms with Crippen LogP contribution in [-0.2, 0) is 9.59 Å². The van der Waals surface area contributed by atoms with Crippen molar-refractivity contribution in [3.8, 4) is 0 Å². The van der Waals surface area contributed by atoms with Gasteiger partial charge in [-0.15, -0.1) is 0 Å². The van der Waals surface area contributed by atoms with Crippen molar-refractivity contribution in [1.82, 2.24) is 5.32 Å². The van der Waals surface area contributed by atoms with Crippen molar-refractivity contribution >= 4 is 29.1 Å². The number of carbonyl (C=O) groups is 3. The molecule has 6 heteroatoms. The average molecular weight is 379 g/mol. The van der Waals surface area contributed by atoms with Crippen LogP contribution in [0.5, 0.6) is 0 Å². The summed E-state index contributed by atoms with van der Waals surface area (Å²) in [5.74, 6) is -1.03. The maximum absolute atomic E-state index is 12.8. The highest BCUT2D eigenvalue weighted by molar-refractivity contribution is 6.07. The lowest BCUT2D eigenvalue weighted by atomic mass is 10.1. The van der Waals surface area contributed by atoms with Gasteiger partial charge in [0.2, 0.25) is 11.8 Å². The maximum Gasteiger partial charge on any atom is 0.253 e. The Bertz CT molecular complexity index is 890. The summed E-state index contributed by atoms with van der Waals surface area (Å²) >= 11 is 0. The number of hydrogen-bond acceptors (Lipinski definition) is 3. The highest BCUT2D eigenvalue weighted by Crippen LogP contribution is 2.27. The first-order chi connectivity index (χ1) is 13.3. The molecule has 3 rings (SSSR count). The fraction of sp³-hybridized carbons (Fsp3) is 0.318. The van der Waals surface area contributed by atoms with E-state index in [1.54, 1.807) is 29.2 Å². The van der Waals surface area contributed by atoms with E-state index in [4.69, 9.17) is 0 Å².